The summed E-state index contributed by atoms with van der Waals surface area (Å²) < 4.78 is 38.1. The lowest BCUT2D eigenvalue weighted by Gasteiger charge is -2.19. The van der Waals surface area contributed by atoms with Gasteiger partial charge in [0.25, 0.3) is 0 Å². The molecular weight excluding hydrogens is 208 g/mol. The Morgan fingerprint density at radius 3 is 1.86 bits per heavy atom. The predicted molar refractivity (Wildman–Crippen MR) is 55.0 cm³/mol. The smallest absolute Gasteiger partial charge is 0.0617 e. The first-order valence-corrected chi connectivity index (χ1v) is 5.77. The van der Waals surface area contributed by atoms with E-state index in [1.165, 1.54) is 12.1 Å². The number of benzene rings is 1. The SMILES string of the molecule is CC(C)(C)c1ccccc1[P+](F)(F)F. The third-order valence-corrected chi connectivity index (χ3v) is 2.92. The lowest BCUT2D eigenvalue weighted by Crippen LogP contribution is -2.21. The third-order valence-electron chi connectivity index (χ3n) is 1.99. The highest BCUT2D eigenvalue weighted by atomic mass is 31.3. The van der Waals surface area contributed by atoms with Gasteiger partial charge in [0, 0.05) is 18.2 Å². The van der Waals surface area contributed by atoms with Gasteiger partial charge in [0.15, 0.2) is 0 Å². The maximum Gasteiger partial charge on any atom is 0.602 e. The van der Waals surface area contributed by atoms with Crippen LogP contribution in [0.1, 0.15) is 26.3 Å². The zero-order valence-corrected chi connectivity index (χ0v) is 9.28. The number of hydrogen-bond donors (Lipinski definition) is 0. The van der Waals surface area contributed by atoms with E-state index in [-0.39, 0.29) is 0 Å². The summed E-state index contributed by atoms with van der Waals surface area (Å²) in [4.78, 5) is 0. The van der Waals surface area contributed by atoms with Crippen LogP contribution in [0, 0.1) is 0 Å². The van der Waals surface area contributed by atoms with Crippen LogP contribution >= 0.6 is 8.19 Å². The largest absolute Gasteiger partial charge is 0.602 e. The standard InChI is InChI=1S/C10H13F3P/c1-10(2,3)8-6-4-5-7-9(8)14(11,12)13/h4-7H,1-3H3/q+1. The van der Waals surface area contributed by atoms with Gasteiger partial charge in [-0.05, 0) is 11.5 Å². The Morgan fingerprint density at radius 1 is 1.00 bits per heavy atom. The number of halogens is 3. The molecule has 0 aromatic heterocycles. The van der Waals surface area contributed by atoms with Crippen LogP contribution in [0.4, 0.5) is 12.6 Å². The van der Waals surface area contributed by atoms with Gasteiger partial charge in [-0.3, -0.25) is 0 Å². The molecular formula is C10H13F3P+. The summed E-state index contributed by atoms with van der Waals surface area (Å²) in [6.45, 7) is 5.38. The van der Waals surface area contributed by atoms with E-state index in [1.807, 2.05) is 0 Å². The van der Waals surface area contributed by atoms with Gasteiger partial charge < -0.3 is 0 Å². The first-order chi connectivity index (χ1) is 6.23. The van der Waals surface area contributed by atoms with Crippen molar-refractivity contribution in [2.24, 2.45) is 0 Å². The molecule has 0 aliphatic carbocycles. The van der Waals surface area contributed by atoms with Gasteiger partial charge >= 0.3 is 8.19 Å². The predicted octanol–water partition coefficient (Wildman–Crippen LogP) is 4.28. The summed E-state index contributed by atoms with van der Waals surface area (Å²) in [6, 6.07) is 5.83. The summed E-state index contributed by atoms with van der Waals surface area (Å²) in [6.07, 6.45) is 0. The van der Waals surface area contributed by atoms with E-state index < -0.39 is 18.9 Å². The fourth-order valence-corrected chi connectivity index (χ4v) is 2.27. The van der Waals surface area contributed by atoms with Crippen molar-refractivity contribution < 1.29 is 12.6 Å². The lowest BCUT2D eigenvalue weighted by atomic mass is 9.87. The van der Waals surface area contributed by atoms with Crippen molar-refractivity contribution in [3.05, 3.63) is 29.8 Å². The minimum Gasteiger partial charge on any atom is -0.0617 e. The highest BCUT2D eigenvalue weighted by molar-refractivity contribution is 7.68. The van der Waals surface area contributed by atoms with Gasteiger partial charge in [-0.1, -0.05) is 39.0 Å². The monoisotopic (exact) mass is 221 g/mol. The van der Waals surface area contributed by atoms with Gasteiger partial charge in [-0.15, -0.1) is 0 Å². The van der Waals surface area contributed by atoms with Gasteiger partial charge in [0.2, 0.25) is 5.30 Å². The molecule has 1 rings (SSSR count). The molecule has 0 amide bonds. The Hall–Kier alpha value is -0.560. The number of hydrogen-bond acceptors (Lipinski definition) is 0. The molecule has 0 aliphatic heterocycles. The Labute approximate surface area is 82.8 Å². The normalized spacial score (nSPS) is 13.0. The Kier molecular flexibility index (Phi) is 2.91. The van der Waals surface area contributed by atoms with Crippen molar-refractivity contribution in [1.29, 1.82) is 0 Å². The van der Waals surface area contributed by atoms with E-state index >= 15 is 0 Å². The van der Waals surface area contributed by atoms with E-state index in [0.29, 0.717) is 5.56 Å². The fourth-order valence-electron chi connectivity index (χ4n) is 1.33. The van der Waals surface area contributed by atoms with Gasteiger partial charge in [-0.2, -0.15) is 0 Å². The van der Waals surface area contributed by atoms with E-state index in [4.69, 9.17) is 0 Å². The molecule has 0 radical (unpaired) electrons. The molecule has 0 bridgehead atoms. The first-order valence-electron chi connectivity index (χ1n) is 4.31. The third kappa shape index (κ3) is 2.48. The molecule has 78 valence electrons. The minimum absolute atomic E-state index is 0.390. The van der Waals surface area contributed by atoms with E-state index in [9.17, 15) is 12.6 Å². The van der Waals surface area contributed by atoms with Crippen LogP contribution in [0.5, 0.6) is 0 Å². The van der Waals surface area contributed by atoms with Crippen molar-refractivity contribution in [2.45, 2.75) is 26.2 Å². The van der Waals surface area contributed by atoms with Crippen molar-refractivity contribution in [2.75, 3.05) is 0 Å². The van der Waals surface area contributed by atoms with E-state index in [2.05, 4.69) is 0 Å². The van der Waals surface area contributed by atoms with Crippen molar-refractivity contribution in [1.82, 2.24) is 0 Å². The topological polar surface area (TPSA) is 0 Å². The van der Waals surface area contributed by atoms with Crippen LogP contribution in [0.25, 0.3) is 0 Å². The minimum atomic E-state index is -5.40. The molecule has 0 nitrogen and oxygen atoms in total. The molecule has 0 saturated carbocycles. The highest BCUT2D eigenvalue weighted by Crippen LogP contribution is 2.64. The Bertz CT molecular complexity index is 290. The van der Waals surface area contributed by atoms with Crippen molar-refractivity contribution in [3.8, 4) is 0 Å². The summed E-state index contributed by atoms with van der Waals surface area (Å²) in [5, 5.41) is -0.424. The Balaban J connectivity index is 3.31. The maximum absolute atomic E-state index is 12.7. The molecule has 0 spiro atoms. The van der Waals surface area contributed by atoms with Crippen molar-refractivity contribution in [3.63, 3.8) is 0 Å². The molecule has 0 fully saturated rings. The Morgan fingerprint density at radius 2 is 1.50 bits per heavy atom. The van der Waals surface area contributed by atoms with Crippen LogP contribution in [-0.2, 0) is 5.41 Å². The molecule has 14 heavy (non-hydrogen) atoms. The molecule has 0 N–H and O–H groups in total. The summed E-state index contributed by atoms with van der Waals surface area (Å²) >= 11 is 0. The highest BCUT2D eigenvalue weighted by Gasteiger charge is 2.49. The second kappa shape index (κ2) is 3.54. The lowest BCUT2D eigenvalue weighted by molar-refractivity contribution is 0.579. The van der Waals surface area contributed by atoms with Crippen LogP contribution in [0.2, 0.25) is 0 Å². The molecule has 0 aliphatic rings. The van der Waals surface area contributed by atoms with Crippen molar-refractivity contribution >= 4 is 13.5 Å². The van der Waals surface area contributed by atoms with Crippen LogP contribution in [0.15, 0.2) is 24.3 Å². The van der Waals surface area contributed by atoms with Crippen LogP contribution < -0.4 is 5.30 Å². The first kappa shape index (κ1) is 11.5. The average molecular weight is 221 g/mol. The zero-order valence-electron chi connectivity index (χ0n) is 8.39. The number of rotatable bonds is 1. The van der Waals surface area contributed by atoms with Gasteiger partial charge in [-0.25, -0.2) is 0 Å². The summed E-state index contributed by atoms with van der Waals surface area (Å²) in [5.41, 5.74) is -0.0626. The maximum atomic E-state index is 12.7. The zero-order chi connectivity index (χ0) is 11.0. The average Bonchev–Trinajstić information content (AvgIpc) is 2.01. The molecule has 0 heterocycles. The molecule has 1 aromatic rings. The van der Waals surface area contributed by atoms with Crippen LogP contribution in [0.3, 0.4) is 0 Å². The van der Waals surface area contributed by atoms with E-state index in [0.717, 1.165) is 0 Å². The fraction of sp³-hybridized carbons (Fsp3) is 0.400. The second-order valence-corrected chi connectivity index (χ2v) is 5.58. The summed E-state index contributed by atoms with van der Waals surface area (Å²) in [7, 11) is -5.40. The molecule has 0 atom stereocenters. The molecule has 0 saturated heterocycles. The van der Waals surface area contributed by atoms with E-state index in [1.54, 1.807) is 32.9 Å². The quantitative estimate of drug-likeness (QED) is 0.621. The van der Waals surface area contributed by atoms with Gasteiger partial charge in [0.05, 0.1) is 0 Å². The summed E-state index contributed by atoms with van der Waals surface area (Å²) in [5.74, 6) is 0. The molecule has 1 aromatic carbocycles. The van der Waals surface area contributed by atoms with Crippen LogP contribution in [-0.4, -0.2) is 0 Å². The molecule has 0 unspecified atom stereocenters. The van der Waals surface area contributed by atoms with Gasteiger partial charge in [0.1, 0.15) is 0 Å². The molecule has 4 heteroatoms. The second-order valence-electron chi connectivity index (χ2n) is 4.21.